The maximum Gasteiger partial charge on any atom is -0.00432 e. The number of hydrogen-bond donors (Lipinski definition) is 1. The van der Waals surface area contributed by atoms with E-state index in [-0.39, 0.29) is 0 Å². The normalized spacial score (nSPS) is 23.6. The van der Waals surface area contributed by atoms with Gasteiger partial charge in [0.05, 0.1) is 0 Å². The highest BCUT2D eigenvalue weighted by molar-refractivity contribution is 5.00. The van der Waals surface area contributed by atoms with Crippen LogP contribution in [0.25, 0.3) is 0 Å². The second kappa shape index (κ2) is 3.52. The molecule has 1 fully saturated rings. The Balaban J connectivity index is 3.01. The van der Waals surface area contributed by atoms with Crippen LogP contribution in [0.5, 0.6) is 0 Å². The molecule has 1 aliphatic heterocycles. The Bertz CT molecular complexity index is 170. The van der Waals surface area contributed by atoms with Crippen LogP contribution in [0.2, 0.25) is 0 Å². The average Bonchev–Trinajstić information content (AvgIpc) is 2.02. The van der Waals surface area contributed by atoms with E-state index >= 15 is 0 Å². The van der Waals surface area contributed by atoms with E-state index in [2.05, 4.69) is 46.9 Å². The molecule has 14 heavy (non-hydrogen) atoms. The second-order valence-corrected chi connectivity index (χ2v) is 6.83. The Morgan fingerprint density at radius 2 is 1.14 bits per heavy atom. The van der Waals surface area contributed by atoms with E-state index in [1.54, 1.807) is 0 Å². The lowest BCUT2D eigenvalue weighted by atomic mass is 9.50. The molecule has 1 rings (SSSR count). The lowest BCUT2D eigenvalue weighted by Gasteiger charge is -2.56. The molecule has 0 bridgehead atoms. The molecule has 0 spiro atoms. The first kappa shape index (κ1) is 12.0. The van der Waals surface area contributed by atoms with Crippen LogP contribution in [-0.2, 0) is 0 Å². The van der Waals surface area contributed by atoms with Gasteiger partial charge in [-0.2, -0.15) is 0 Å². The fraction of sp³-hybridized carbons (Fsp3) is 1.00. The summed E-state index contributed by atoms with van der Waals surface area (Å²) in [5.41, 5.74) is 1.31. The van der Waals surface area contributed by atoms with Gasteiger partial charge in [0, 0.05) is 0 Å². The number of piperidine rings is 1. The molecule has 1 aliphatic rings. The topological polar surface area (TPSA) is 12.0 Å². The maximum absolute atomic E-state index is 3.48. The van der Waals surface area contributed by atoms with Crippen molar-refractivity contribution in [2.75, 3.05) is 13.1 Å². The molecule has 1 nitrogen and oxygen atoms in total. The molecule has 0 aliphatic carbocycles. The van der Waals surface area contributed by atoms with E-state index in [0.29, 0.717) is 16.2 Å². The van der Waals surface area contributed by atoms with E-state index in [1.165, 1.54) is 25.9 Å². The van der Waals surface area contributed by atoms with Crippen LogP contribution in [0.4, 0.5) is 0 Å². The fourth-order valence-electron chi connectivity index (χ4n) is 3.48. The zero-order valence-electron chi connectivity index (χ0n) is 10.8. The molecule has 1 saturated heterocycles. The molecule has 0 atom stereocenters. The standard InChI is InChI=1S/C13H27N/c1-11(2,3)13(12(4,5)6)7-9-14-10-8-13/h14H,7-10H2,1-6H3. The van der Waals surface area contributed by atoms with E-state index in [9.17, 15) is 0 Å². The van der Waals surface area contributed by atoms with E-state index in [4.69, 9.17) is 0 Å². The van der Waals surface area contributed by atoms with Crippen LogP contribution in [0.3, 0.4) is 0 Å². The number of hydrogen-bond acceptors (Lipinski definition) is 1. The molecule has 0 unspecified atom stereocenters. The summed E-state index contributed by atoms with van der Waals surface area (Å²) in [6.45, 7) is 16.8. The smallest absolute Gasteiger partial charge is 0.00432 e. The molecule has 0 aromatic heterocycles. The predicted molar refractivity (Wildman–Crippen MR) is 63.4 cm³/mol. The Hall–Kier alpha value is -0.0400. The lowest BCUT2D eigenvalue weighted by molar-refractivity contribution is -0.0581. The highest BCUT2D eigenvalue weighted by Gasteiger charge is 2.50. The lowest BCUT2D eigenvalue weighted by Crippen LogP contribution is -2.52. The zero-order chi connectivity index (χ0) is 11.0. The van der Waals surface area contributed by atoms with Crippen LogP contribution < -0.4 is 5.32 Å². The van der Waals surface area contributed by atoms with Crippen molar-refractivity contribution in [2.45, 2.75) is 54.4 Å². The van der Waals surface area contributed by atoms with Gasteiger partial charge in [0.1, 0.15) is 0 Å². The molecule has 1 heteroatoms. The molecule has 0 aromatic carbocycles. The third-order valence-electron chi connectivity index (χ3n) is 4.33. The van der Waals surface area contributed by atoms with Gasteiger partial charge in [-0.3, -0.25) is 0 Å². The van der Waals surface area contributed by atoms with Gasteiger partial charge in [-0.1, -0.05) is 41.5 Å². The molecule has 0 amide bonds. The molecule has 1 N–H and O–H groups in total. The van der Waals surface area contributed by atoms with Gasteiger partial charge in [-0.25, -0.2) is 0 Å². The third kappa shape index (κ3) is 1.84. The van der Waals surface area contributed by atoms with Crippen molar-refractivity contribution < 1.29 is 0 Å². The van der Waals surface area contributed by atoms with Crippen LogP contribution in [0, 0.1) is 16.2 Å². The number of rotatable bonds is 0. The van der Waals surface area contributed by atoms with Crippen LogP contribution in [0.15, 0.2) is 0 Å². The van der Waals surface area contributed by atoms with Crippen LogP contribution in [-0.4, -0.2) is 13.1 Å². The van der Waals surface area contributed by atoms with Crippen molar-refractivity contribution in [2.24, 2.45) is 16.2 Å². The average molecular weight is 197 g/mol. The van der Waals surface area contributed by atoms with Gasteiger partial charge in [-0.15, -0.1) is 0 Å². The maximum atomic E-state index is 3.48. The fourth-order valence-corrected chi connectivity index (χ4v) is 3.48. The van der Waals surface area contributed by atoms with Crippen molar-refractivity contribution in [3.63, 3.8) is 0 Å². The first-order chi connectivity index (χ1) is 6.21. The van der Waals surface area contributed by atoms with Gasteiger partial charge in [0.25, 0.3) is 0 Å². The summed E-state index contributed by atoms with van der Waals surface area (Å²) in [6.07, 6.45) is 2.64. The molecule has 0 radical (unpaired) electrons. The van der Waals surface area contributed by atoms with Crippen molar-refractivity contribution >= 4 is 0 Å². The molecule has 84 valence electrons. The highest BCUT2D eigenvalue weighted by Crippen LogP contribution is 2.56. The highest BCUT2D eigenvalue weighted by atomic mass is 14.9. The molecule has 0 saturated carbocycles. The van der Waals surface area contributed by atoms with Crippen LogP contribution in [0.1, 0.15) is 54.4 Å². The van der Waals surface area contributed by atoms with Crippen molar-refractivity contribution in [3.05, 3.63) is 0 Å². The zero-order valence-corrected chi connectivity index (χ0v) is 10.8. The summed E-state index contributed by atoms with van der Waals surface area (Å²) in [4.78, 5) is 0. The summed E-state index contributed by atoms with van der Waals surface area (Å²) in [5.74, 6) is 0. The minimum Gasteiger partial charge on any atom is -0.317 e. The molecule has 1 heterocycles. The SMILES string of the molecule is CC(C)(C)C1(C(C)(C)C)CCNCC1. The van der Waals surface area contributed by atoms with E-state index in [1.807, 2.05) is 0 Å². The monoisotopic (exact) mass is 197 g/mol. The van der Waals surface area contributed by atoms with Crippen molar-refractivity contribution in [3.8, 4) is 0 Å². The summed E-state index contributed by atoms with van der Waals surface area (Å²) < 4.78 is 0. The van der Waals surface area contributed by atoms with Gasteiger partial charge in [-0.05, 0) is 42.2 Å². The summed E-state index contributed by atoms with van der Waals surface area (Å²) in [6, 6.07) is 0. The van der Waals surface area contributed by atoms with Gasteiger partial charge < -0.3 is 5.32 Å². The Kier molecular flexibility index (Phi) is 3.02. The quantitative estimate of drug-likeness (QED) is 0.627. The molecular formula is C13H27N. The van der Waals surface area contributed by atoms with Crippen molar-refractivity contribution in [1.29, 1.82) is 0 Å². The Morgan fingerprint density at radius 1 is 0.786 bits per heavy atom. The Morgan fingerprint density at radius 3 is 1.36 bits per heavy atom. The predicted octanol–water partition coefficient (Wildman–Crippen LogP) is 3.45. The summed E-state index contributed by atoms with van der Waals surface area (Å²) in [5, 5.41) is 3.48. The largest absolute Gasteiger partial charge is 0.317 e. The van der Waals surface area contributed by atoms with Gasteiger partial charge >= 0.3 is 0 Å². The number of nitrogens with one attached hydrogen (secondary N) is 1. The van der Waals surface area contributed by atoms with E-state index < -0.39 is 0 Å². The molecular weight excluding hydrogens is 170 g/mol. The van der Waals surface area contributed by atoms with Gasteiger partial charge in [0.2, 0.25) is 0 Å². The minimum atomic E-state index is 0.410. The third-order valence-corrected chi connectivity index (χ3v) is 4.33. The molecule has 0 aromatic rings. The van der Waals surface area contributed by atoms with Gasteiger partial charge in [0.15, 0.2) is 0 Å². The van der Waals surface area contributed by atoms with E-state index in [0.717, 1.165) is 0 Å². The minimum absolute atomic E-state index is 0.410. The van der Waals surface area contributed by atoms with Crippen LogP contribution >= 0.6 is 0 Å². The second-order valence-electron chi connectivity index (χ2n) is 6.83. The first-order valence-corrected chi connectivity index (χ1v) is 5.91. The first-order valence-electron chi connectivity index (χ1n) is 5.91. The summed E-state index contributed by atoms with van der Waals surface area (Å²) in [7, 11) is 0. The summed E-state index contributed by atoms with van der Waals surface area (Å²) >= 11 is 0. The van der Waals surface area contributed by atoms with Crippen molar-refractivity contribution in [1.82, 2.24) is 5.32 Å². The Labute approximate surface area is 89.7 Å².